The number of H-pyrrole nitrogens is 1. The van der Waals surface area contributed by atoms with E-state index in [2.05, 4.69) is 64.2 Å². The molecule has 0 saturated heterocycles. The number of imidazole rings is 1. The Kier molecular flexibility index (Phi) is 3.39. The molecule has 104 valence electrons. The summed E-state index contributed by atoms with van der Waals surface area (Å²) in [6.45, 7) is 13.0. The number of nitrogens with one attached hydrogen (secondary N) is 2. The first-order valence-electron chi connectivity index (χ1n) is 6.32. The predicted molar refractivity (Wildman–Crippen MR) is 82.6 cm³/mol. The van der Waals surface area contributed by atoms with Crippen LogP contribution in [0.4, 0.5) is 5.95 Å². The molecule has 0 amide bonds. The highest BCUT2D eigenvalue weighted by Crippen LogP contribution is 2.24. The van der Waals surface area contributed by atoms with Gasteiger partial charge in [-0.25, -0.2) is 4.98 Å². The molecule has 0 aliphatic rings. The van der Waals surface area contributed by atoms with Gasteiger partial charge in [-0.3, -0.25) is 0 Å². The molecule has 0 atom stereocenters. The Morgan fingerprint density at radius 1 is 1.11 bits per heavy atom. The fraction of sp³-hybridized carbons (Fsp3) is 0.545. The van der Waals surface area contributed by atoms with Crippen LogP contribution in [0, 0.1) is 0 Å². The van der Waals surface area contributed by atoms with E-state index in [1.54, 1.807) is 6.33 Å². The topological polar surface area (TPSA) is 75.7 Å². The maximum absolute atomic E-state index is 6.02. The summed E-state index contributed by atoms with van der Waals surface area (Å²) in [6.07, 6.45) is 1.62. The van der Waals surface area contributed by atoms with Gasteiger partial charge in [0.2, 0.25) is 20.1 Å². The second-order valence-corrected chi connectivity index (χ2v) is 15.7. The summed E-state index contributed by atoms with van der Waals surface area (Å²) >= 11 is 0. The van der Waals surface area contributed by atoms with Gasteiger partial charge in [-0.2, -0.15) is 9.97 Å². The van der Waals surface area contributed by atoms with Crippen molar-refractivity contribution in [3.05, 3.63) is 6.33 Å². The van der Waals surface area contributed by atoms with E-state index < -0.39 is 16.6 Å². The number of nitrogens with zero attached hydrogens (tertiary/aromatic N) is 3. The first-order valence-corrected chi connectivity index (χ1v) is 13.2. The first-order chi connectivity index (χ1) is 8.64. The minimum Gasteiger partial charge on any atom is -0.530 e. The highest BCUT2D eigenvalue weighted by atomic mass is 28.4. The summed E-state index contributed by atoms with van der Waals surface area (Å²) in [6, 6.07) is 0. The van der Waals surface area contributed by atoms with Gasteiger partial charge in [0.25, 0.3) is 0 Å². The summed E-state index contributed by atoms with van der Waals surface area (Å²) in [5.41, 5.74) is 1.41. The molecule has 2 aromatic heterocycles. The van der Waals surface area contributed by atoms with Crippen LogP contribution < -0.4 is 9.41 Å². The lowest BCUT2D eigenvalue weighted by Gasteiger charge is -2.21. The predicted octanol–water partition coefficient (Wildman–Crippen LogP) is 2.81. The first kappa shape index (κ1) is 14.0. The van der Waals surface area contributed by atoms with E-state index in [1.165, 1.54) is 0 Å². The van der Waals surface area contributed by atoms with Crippen molar-refractivity contribution in [2.45, 2.75) is 39.3 Å². The highest BCUT2D eigenvalue weighted by molar-refractivity contribution is 6.79. The Bertz CT molecular complexity index is 585. The minimum atomic E-state index is -1.72. The van der Waals surface area contributed by atoms with Crippen molar-refractivity contribution in [2.24, 2.45) is 0 Å². The molecular formula is C11H21N5OSi2. The normalized spacial score (nSPS) is 12.7. The molecule has 2 aromatic rings. The van der Waals surface area contributed by atoms with Crippen LogP contribution >= 0.6 is 0 Å². The van der Waals surface area contributed by atoms with Crippen molar-refractivity contribution in [1.29, 1.82) is 0 Å². The van der Waals surface area contributed by atoms with E-state index in [4.69, 9.17) is 4.43 Å². The molecule has 0 aromatic carbocycles. The Morgan fingerprint density at radius 2 is 1.79 bits per heavy atom. The molecule has 2 heterocycles. The molecule has 2 rings (SSSR count). The lowest BCUT2D eigenvalue weighted by Crippen LogP contribution is -2.34. The summed E-state index contributed by atoms with van der Waals surface area (Å²) < 4.78 is 6.02. The number of hydrogen-bond acceptors (Lipinski definition) is 5. The van der Waals surface area contributed by atoms with E-state index in [-0.39, 0.29) is 0 Å². The van der Waals surface area contributed by atoms with Crippen molar-refractivity contribution in [1.82, 2.24) is 19.9 Å². The number of aromatic amines is 1. The fourth-order valence-electron chi connectivity index (χ4n) is 1.56. The van der Waals surface area contributed by atoms with Gasteiger partial charge in [0.15, 0.2) is 5.65 Å². The van der Waals surface area contributed by atoms with Crippen molar-refractivity contribution < 1.29 is 4.43 Å². The number of anilines is 1. The molecule has 2 N–H and O–H groups in total. The van der Waals surface area contributed by atoms with Gasteiger partial charge >= 0.3 is 0 Å². The summed E-state index contributed by atoms with van der Waals surface area (Å²) in [4.78, 5) is 19.6. The van der Waals surface area contributed by atoms with Gasteiger partial charge in [-0.05, 0) is 19.6 Å². The molecule has 0 unspecified atom stereocenters. The third-order valence-corrected chi connectivity index (χ3v) is 3.92. The zero-order valence-corrected chi connectivity index (χ0v) is 14.3. The van der Waals surface area contributed by atoms with Gasteiger partial charge in [0.05, 0.1) is 6.33 Å². The molecule has 0 spiro atoms. The number of fused-ring (bicyclic) bond motifs is 1. The average Bonchev–Trinajstić information content (AvgIpc) is 2.59. The van der Waals surface area contributed by atoms with Crippen molar-refractivity contribution in [2.75, 3.05) is 4.98 Å². The highest BCUT2D eigenvalue weighted by Gasteiger charge is 2.22. The van der Waals surface area contributed by atoms with Crippen molar-refractivity contribution >= 4 is 33.7 Å². The minimum absolute atomic E-state index is 0.599. The molecule has 0 fully saturated rings. The standard InChI is InChI=1S/C11H21N5OSi2/c1-18(2,3)16-11-14-9-8(12-7-13-9)10(15-11)17-19(4,5)6/h7H,1-6H3,(H2,12,13,14,15,16). The zero-order chi connectivity index (χ0) is 14.3. The van der Waals surface area contributed by atoms with Crippen LogP contribution in [0.3, 0.4) is 0 Å². The summed E-state index contributed by atoms with van der Waals surface area (Å²) in [5.74, 6) is 1.20. The maximum atomic E-state index is 6.02. The average molecular weight is 295 g/mol. The van der Waals surface area contributed by atoms with E-state index >= 15 is 0 Å². The number of hydrogen-bond donors (Lipinski definition) is 2. The van der Waals surface area contributed by atoms with Crippen molar-refractivity contribution in [3.8, 4) is 5.88 Å². The van der Waals surface area contributed by atoms with E-state index in [1.807, 2.05) is 0 Å². The van der Waals surface area contributed by atoms with E-state index in [9.17, 15) is 0 Å². The Morgan fingerprint density at radius 3 is 2.37 bits per heavy atom. The Labute approximate surface area is 115 Å². The van der Waals surface area contributed by atoms with E-state index in [0.29, 0.717) is 17.5 Å². The van der Waals surface area contributed by atoms with Crippen LogP contribution in [0.2, 0.25) is 39.3 Å². The molecule has 19 heavy (non-hydrogen) atoms. The maximum Gasteiger partial charge on any atom is 0.244 e. The number of rotatable bonds is 4. The lowest BCUT2D eigenvalue weighted by atomic mass is 10.5. The molecule has 0 aliphatic heterocycles. The van der Waals surface area contributed by atoms with Crippen LogP contribution in [0.15, 0.2) is 6.33 Å². The molecule has 6 nitrogen and oxygen atoms in total. The second kappa shape index (κ2) is 4.60. The largest absolute Gasteiger partial charge is 0.530 e. The SMILES string of the molecule is C[Si](C)(C)Nc1nc(O[Si](C)(C)C)c2[nH]cnc2n1. The summed E-state index contributed by atoms with van der Waals surface area (Å²) in [7, 11) is -3.23. The van der Waals surface area contributed by atoms with E-state index in [0.717, 1.165) is 5.52 Å². The van der Waals surface area contributed by atoms with Gasteiger partial charge in [0, 0.05) is 0 Å². The van der Waals surface area contributed by atoms with Gasteiger partial charge in [-0.1, -0.05) is 19.6 Å². The molecule has 8 heteroatoms. The fourth-order valence-corrected chi connectivity index (χ4v) is 3.07. The molecule has 0 radical (unpaired) electrons. The molecular weight excluding hydrogens is 274 g/mol. The zero-order valence-electron chi connectivity index (χ0n) is 12.3. The van der Waals surface area contributed by atoms with Crippen LogP contribution in [0.25, 0.3) is 11.2 Å². The second-order valence-electron chi connectivity index (χ2n) is 6.54. The van der Waals surface area contributed by atoms with Gasteiger partial charge < -0.3 is 14.4 Å². The third-order valence-electron chi connectivity index (χ3n) is 2.14. The monoisotopic (exact) mass is 295 g/mol. The lowest BCUT2D eigenvalue weighted by molar-refractivity contribution is 0.540. The summed E-state index contributed by atoms with van der Waals surface area (Å²) in [5, 5.41) is 0. The number of aromatic nitrogens is 4. The van der Waals surface area contributed by atoms with Crippen LogP contribution in [0.5, 0.6) is 5.88 Å². The van der Waals surface area contributed by atoms with Crippen LogP contribution in [0.1, 0.15) is 0 Å². The molecule has 0 bridgehead atoms. The third kappa shape index (κ3) is 3.77. The molecule has 0 aliphatic carbocycles. The van der Waals surface area contributed by atoms with Gasteiger partial charge in [-0.15, -0.1) is 0 Å². The molecule has 0 saturated carbocycles. The van der Waals surface area contributed by atoms with Crippen LogP contribution in [-0.4, -0.2) is 36.5 Å². The van der Waals surface area contributed by atoms with Crippen LogP contribution in [-0.2, 0) is 0 Å². The van der Waals surface area contributed by atoms with Crippen molar-refractivity contribution in [3.63, 3.8) is 0 Å². The Hall–Kier alpha value is -1.42. The smallest absolute Gasteiger partial charge is 0.244 e. The Balaban J connectivity index is 2.45. The quantitative estimate of drug-likeness (QED) is 0.848. The van der Waals surface area contributed by atoms with Gasteiger partial charge in [0.1, 0.15) is 13.8 Å².